The standard InChI is InChI=1S/C19H25N3O2/c1-23-18-5-3-2-4-16(18)13-22-10-11-24-17(14-22)7-6-15-8-9-21-19(20)12-15/h2-5,8-9,12,17H,6-7,10-11,13-14H2,1H3,(H2,20,21). The number of aromatic nitrogens is 1. The number of ether oxygens (including phenoxy) is 2. The predicted octanol–water partition coefficient (Wildman–Crippen LogP) is 2.51. The van der Waals surface area contributed by atoms with Crippen LogP contribution in [-0.4, -0.2) is 42.8 Å². The number of hydrogen-bond acceptors (Lipinski definition) is 5. The van der Waals surface area contributed by atoms with Crippen molar-refractivity contribution >= 4 is 5.82 Å². The van der Waals surface area contributed by atoms with Crippen LogP contribution in [0.1, 0.15) is 17.5 Å². The highest BCUT2D eigenvalue weighted by molar-refractivity contribution is 5.33. The third kappa shape index (κ3) is 4.46. The molecule has 5 nitrogen and oxygen atoms in total. The smallest absolute Gasteiger partial charge is 0.123 e. The third-order valence-electron chi connectivity index (χ3n) is 4.41. The fourth-order valence-corrected chi connectivity index (χ4v) is 3.15. The van der Waals surface area contributed by atoms with Gasteiger partial charge in [-0.3, -0.25) is 4.90 Å². The summed E-state index contributed by atoms with van der Waals surface area (Å²) in [5, 5.41) is 0. The van der Waals surface area contributed by atoms with Crippen LogP contribution in [0.5, 0.6) is 5.75 Å². The SMILES string of the molecule is COc1ccccc1CN1CCOC(CCc2ccnc(N)c2)C1. The largest absolute Gasteiger partial charge is 0.496 e. The number of rotatable bonds is 6. The molecule has 1 aliphatic heterocycles. The summed E-state index contributed by atoms with van der Waals surface area (Å²) in [6.45, 7) is 3.57. The summed E-state index contributed by atoms with van der Waals surface area (Å²) >= 11 is 0. The molecule has 2 N–H and O–H groups in total. The van der Waals surface area contributed by atoms with Crippen LogP contribution in [0.15, 0.2) is 42.6 Å². The van der Waals surface area contributed by atoms with E-state index in [9.17, 15) is 0 Å². The van der Waals surface area contributed by atoms with Crippen molar-refractivity contribution in [3.63, 3.8) is 0 Å². The van der Waals surface area contributed by atoms with Crippen LogP contribution in [-0.2, 0) is 17.7 Å². The Bertz CT molecular complexity index is 663. The summed E-state index contributed by atoms with van der Waals surface area (Å²) in [6.07, 6.45) is 3.97. The number of nitrogens with two attached hydrogens (primary N) is 1. The van der Waals surface area contributed by atoms with Crippen LogP contribution in [0, 0.1) is 0 Å². The van der Waals surface area contributed by atoms with Crippen LogP contribution in [0.4, 0.5) is 5.82 Å². The molecule has 0 saturated carbocycles. The van der Waals surface area contributed by atoms with Gasteiger partial charge >= 0.3 is 0 Å². The normalized spacial score (nSPS) is 18.5. The van der Waals surface area contributed by atoms with Gasteiger partial charge in [-0.2, -0.15) is 0 Å². The molecule has 0 radical (unpaired) electrons. The van der Waals surface area contributed by atoms with Crippen molar-refractivity contribution in [3.05, 3.63) is 53.7 Å². The average molecular weight is 327 g/mol. The molecule has 0 amide bonds. The maximum Gasteiger partial charge on any atom is 0.123 e. The molecule has 3 rings (SSSR count). The van der Waals surface area contributed by atoms with Gasteiger partial charge in [0.15, 0.2) is 0 Å². The van der Waals surface area contributed by atoms with E-state index < -0.39 is 0 Å². The summed E-state index contributed by atoms with van der Waals surface area (Å²) in [5.41, 5.74) is 8.18. The number of anilines is 1. The lowest BCUT2D eigenvalue weighted by Crippen LogP contribution is -2.42. The number of nitrogens with zero attached hydrogens (tertiary/aromatic N) is 2. The first-order chi connectivity index (χ1) is 11.7. The number of methoxy groups -OCH3 is 1. The quantitative estimate of drug-likeness (QED) is 0.883. The van der Waals surface area contributed by atoms with Gasteiger partial charge in [0.1, 0.15) is 11.6 Å². The van der Waals surface area contributed by atoms with E-state index in [4.69, 9.17) is 15.2 Å². The van der Waals surface area contributed by atoms with Crippen molar-refractivity contribution in [2.75, 3.05) is 32.5 Å². The highest BCUT2D eigenvalue weighted by Crippen LogP contribution is 2.21. The Balaban J connectivity index is 1.54. The fraction of sp³-hybridized carbons (Fsp3) is 0.421. The van der Waals surface area contributed by atoms with Gasteiger partial charge in [-0.15, -0.1) is 0 Å². The third-order valence-corrected chi connectivity index (χ3v) is 4.41. The topological polar surface area (TPSA) is 60.6 Å². The molecule has 1 aromatic heterocycles. The minimum absolute atomic E-state index is 0.253. The van der Waals surface area contributed by atoms with Crippen LogP contribution in [0.25, 0.3) is 0 Å². The average Bonchev–Trinajstić information content (AvgIpc) is 2.61. The van der Waals surface area contributed by atoms with Crippen molar-refractivity contribution in [3.8, 4) is 5.75 Å². The fourth-order valence-electron chi connectivity index (χ4n) is 3.15. The maximum atomic E-state index is 5.93. The second-order valence-corrected chi connectivity index (χ2v) is 6.17. The van der Waals surface area contributed by atoms with E-state index in [1.165, 1.54) is 11.1 Å². The molecule has 1 saturated heterocycles. The minimum Gasteiger partial charge on any atom is -0.496 e. The molecule has 0 spiro atoms. The Morgan fingerprint density at radius 2 is 2.21 bits per heavy atom. The Hall–Kier alpha value is -2.11. The molecule has 2 heterocycles. The predicted molar refractivity (Wildman–Crippen MR) is 95.0 cm³/mol. The number of para-hydroxylation sites is 1. The zero-order valence-electron chi connectivity index (χ0n) is 14.1. The minimum atomic E-state index is 0.253. The zero-order valence-corrected chi connectivity index (χ0v) is 14.1. The number of hydrogen-bond donors (Lipinski definition) is 1. The van der Waals surface area contributed by atoms with Crippen molar-refractivity contribution in [1.29, 1.82) is 0 Å². The molecule has 2 aromatic rings. The van der Waals surface area contributed by atoms with E-state index >= 15 is 0 Å². The lowest BCUT2D eigenvalue weighted by atomic mass is 10.1. The van der Waals surface area contributed by atoms with E-state index in [0.717, 1.165) is 44.8 Å². The van der Waals surface area contributed by atoms with Crippen LogP contribution in [0.3, 0.4) is 0 Å². The van der Waals surface area contributed by atoms with Crippen LogP contribution < -0.4 is 10.5 Å². The maximum absolute atomic E-state index is 5.93. The molecule has 5 heteroatoms. The molecule has 24 heavy (non-hydrogen) atoms. The van der Waals surface area contributed by atoms with Crippen LogP contribution in [0.2, 0.25) is 0 Å². The molecule has 0 bridgehead atoms. The number of benzene rings is 1. The van der Waals surface area contributed by atoms with Gasteiger partial charge in [-0.25, -0.2) is 4.98 Å². The first-order valence-electron chi connectivity index (χ1n) is 8.41. The monoisotopic (exact) mass is 327 g/mol. The van der Waals surface area contributed by atoms with Gasteiger partial charge in [-0.05, 0) is 36.6 Å². The molecule has 1 aliphatic rings. The number of nitrogen functional groups attached to an aromatic ring is 1. The van der Waals surface area contributed by atoms with E-state index in [2.05, 4.69) is 22.0 Å². The Morgan fingerprint density at radius 3 is 3.04 bits per heavy atom. The van der Waals surface area contributed by atoms with Crippen molar-refractivity contribution in [2.24, 2.45) is 0 Å². The van der Waals surface area contributed by atoms with Crippen molar-refractivity contribution in [1.82, 2.24) is 9.88 Å². The first-order valence-corrected chi connectivity index (χ1v) is 8.41. The van der Waals surface area contributed by atoms with Gasteiger partial charge < -0.3 is 15.2 Å². The van der Waals surface area contributed by atoms with Gasteiger partial charge in [0, 0.05) is 31.4 Å². The molecule has 1 atom stereocenters. The van der Waals surface area contributed by atoms with Gasteiger partial charge in [0.25, 0.3) is 0 Å². The molecular weight excluding hydrogens is 302 g/mol. The Kier molecular flexibility index (Phi) is 5.67. The van der Waals surface area contributed by atoms with Gasteiger partial charge in [0.05, 0.1) is 19.8 Å². The lowest BCUT2D eigenvalue weighted by Gasteiger charge is -2.33. The number of morpholine rings is 1. The second kappa shape index (κ2) is 8.13. The molecule has 1 unspecified atom stereocenters. The highest BCUT2D eigenvalue weighted by atomic mass is 16.5. The van der Waals surface area contributed by atoms with Crippen LogP contribution >= 0.6 is 0 Å². The summed E-state index contributed by atoms with van der Waals surface area (Å²) in [5.74, 6) is 1.53. The first kappa shape index (κ1) is 16.7. The lowest BCUT2D eigenvalue weighted by molar-refractivity contribution is -0.0347. The van der Waals surface area contributed by atoms with Crippen molar-refractivity contribution in [2.45, 2.75) is 25.5 Å². The zero-order chi connectivity index (χ0) is 16.8. The van der Waals surface area contributed by atoms with Crippen molar-refractivity contribution < 1.29 is 9.47 Å². The molecular formula is C19H25N3O2. The van der Waals surface area contributed by atoms with E-state index in [-0.39, 0.29) is 6.10 Å². The summed E-state index contributed by atoms with van der Waals surface area (Å²) in [6, 6.07) is 12.2. The number of aryl methyl sites for hydroxylation is 1. The molecule has 0 aliphatic carbocycles. The van der Waals surface area contributed by atoms with Gasteiger partial charge in [-0.1, -0.05) is 18.2 Å². The highest BCUT2D eigenvalue weighted by Gasteiger charge is 2.21. The van der Waals surface area contributed by atoms with E-state index in [1.807, 2.05) is 24.3 Å². The number of pyridine rings is 1. The molecule has 128 valence electrons. The summed E-state index contributed by atoms with van der Waals surface area (Å²) in [4.78, 5) is 6.47. The summed E-state index contributed by atoms with van der Waals surface area (Å²) in [7, 11) is 1.72. The second-order valence-electron chi connectivity index (χ2n) is 6.17. The van der Waals surface area contributed by atoms with Gasteiger partial charge in [0.2, 0.25) is 0 Å². The molecule has 1 aromatic carbocycles. The molecule has 1 fully saturated rings. The van der Waals surface area contributed by atoms with E-state index in [0.29, 0.717) is 5.82 Å². The van der Waals surface area contributed by atoms with E-state index in [1.54, 1.807) is 13.3 Å². The Labute approximate surface area is 143 Å². The Morgan fingerprint density at radius 1 is 1.33 bits per heavy atom. The summed E-state index contributed by atoms with van der Waals surface area (Å²) < 4.78 is 11.4.